The minimum absolute atomic E-state index is 0.683. The van der Waals surface area contributed by atoms with Crippen molar-refractivity contribution < 1.29 is 0 Å². The van der Waals surface area contributed by atoms with E-state index in [-0.39, 0.29) is 0 Å². The van der Waals surface area contributed by atoms with Crippen molar-refractivity contribution >= 4 is 32.9 Å². The van der Waals surface area contributed by atoms with E-state index in [4.69, 9.17) is 5.73 Å². The van der Waals surface area contributed by atoms with Gasteiger partial charge >= 0.3 is 0 Å². The minimum Gasteiger partial charge on any atom is -0.330 e. The molecule has 0 fully saturated rings. The average Bonchev–Trinajstić information content (AvgIpc) is 2.98. The van der Waals surface area contributed by atoms with E-state index >= 15 is 0 Å². The summed E-state index contributed by atoms with van der Waals surface area (Å²) in [6.45, 7) is 1.56. The first kappa shape index (κ1) is 13.1. The zero-order valence-electron chi connectivity index (χ0n) is 11.2. The van der Waals surface area contributed by atoms with Crippen LogP contribution in [0.1, 0.15) is 6.42 Å². The first-order chi connectivity index (χ1) is 9.90. The van der Waals surface area contributed by atoms with Gasteiger partial charge in [-0.2, -0.15) is 0 Å². The minimum atomic E-state index is 0.683. The molecule has 4 heteroatoms. The molecule has 0 aliphatic heterocycles. The Balaban J connectivity index is 2.07. The third-order valence-electron chi connectivity index (χ3n) is 3.27. The Labute approximate surface area is 122 Å². The summed E-state index contributed by atoms with van der Waals surface area (Å²) in [6.07, 6.45) is 2.82. The maximum absolute atomic E-state index is 5.68. The van der Waals surface area contributed by atoms with Crippen molar-refractivity contribution in [3.63, 3.8) is 0 Å². The number of thiophene rings is 1. The SMILES string of the molecule is NCCCN(c1ccccc1)c1nccc2sccc12. The number of benzene rings is 1. The predicted octanol–water partition coefficient (Wildman–Crippen LogP) is 3.78. The maximum Gasteiger partial charge on any atom is 0.141 e. The summed E-state index contributed by atoms with van der Waals surface area (Å²) in [7, 11) is 0. The van der Waals surface area contributed by atoms with Gasteiger partial charge in [-0.25, -0.2) is 4.98 Å². The van der Waals surface area contributed by atoms with Gasteiger partial charge in [0.15, 0.2) is 0 Å². The van der Waals surface area contributed by atoms with Gasteiger partial charge in [-0.15, -0.1) is 11.3 Å². The molecule has 0 amide bonds. The third-order valence-corrected chi connectivity index (χ3v) is 4.15. The Morgan fingerprint density at radius 1 is 1.10 bits per heavy atom. The topological polar surface area (TPSA) is 42.1 Å². The first-order valence-corrected chi connectivity index (χ1v) is 7.63. The summed E-state index contributed by atoms with van der Waals surface area (Å²) in [4.78, 5) is 6.85. The summed E-state index contributed by atoms with van der Waals surface area (Å²) in [5.74, 6) is 1.02. The zero-order valence-corrected chi connectivity index (χ0v) is 12.0. The number of anilines is 2. The fraction of sp³-hybridized carbons (Fsp3) is 0.188. The molecule has 0 bridgehead atoms. The monoisotopic (exact) mass is 283 g/mol. The molecule has 0 aliphatic carbocycles. The molecule has 3 rings (SSSR count). The van der Waals surface area contributed by atoms with E-state index in [1.807, 2.05) is 12.3 Å². The summed E-state index contributed by atoms with van der Waals surface area (Å²) in [5, 5.41) is 3.32. The second kappa shape index (κ2) is 6.03. The second-order valence-electron chi connectivity index (χ2n) is 4.60. The van der Waals surface area contributed by atoms with Crippen LogP contribution in [0.3, 0.4) is 0 Å². The standard InChI is InChI=1S/C16H17N3S/c17-9-4-11-19(13-5-2-1-3-6-13)16-14-8-12-20-15(14)7-10-18-16/h1-3,5-8,10,12H,4,9,11,17H2. The van der Waals surface area contributed by atoms with Crippen LogP contribution in [0.4, 0.5) is 11.5 Å². The largest absolute Gasteiger partial charge is 0.330 e. The van der Waals surface area contributed by atoms with Crippen LogP contribution < -0.4 is 10.6 Å². The Hall–Kier alpha value is -1.91. The van der Waals surface area contributed by atoms with Crippen molar-refractivity contribution in [2.45, 2.75) is 6.42 Å². The molecule has 0 radical (unpaired) electrons. The van der Waals surface area contributed by atoms with Crippen LogP contribution >= 0.6 is 11.3 Å². The van der Waals surface area contributed by atoms with Gasteiger partial charge in [0.1, 0.15) is 5.82 Å². The second-order valence-corrected chi connectivity index (χ2v) is 5.54. The van der Waals surface area contributed by atoms with E-state index < -0.39 is 0 Å². The Morgan fingerprint density at radius 3 is 2.75 bits per heavy atom. The molecule has 3 aromatic rings. The van der Waals surface area contributed by atoms with Crippen molar-refractivity contribution in [1.82, 2.24) is 4.98 Å². The molecule has 0 atom stereocenters. The number of hydrogen-bond acceptors (Lipinski definition) is 4. The molecule has 2 aromatic heterocycles. The van der Waals surface area contributed by atoms with Gasteiger partial charge in [-0.05, 0) is 42.6 Å². The fourth-order valence-electron chi connectivity index (χ4n) is 2.31. The molecule has 102 valence electrons. The van der Waals surface area contributed by atoms with Gasteiger partial charge < -0.3 is 10.6 Å². The van der Waals surface area contributed by atoms with E-state index in [1.165, 1.54) is 10.1 Å². The van der Waals surface area contributed by atoms with E-state index in [1.54, 1.807) is 11.3 Å². The zero-order chi connectivity index (χ0) is 13.8. The highest BCUT2D eigenvalue weighted by Crippen LogP contribution is 2.32. The number of para-hydroxylation sites is 1. The van der Waals surface area contributed by atoms with Gasteiger partial charge in [0.05, 0.1) is 0 Å². The van der Waals surface area contributed by atoms with E-state index in [9.17, 15) is 0 Å². The average molecular weight is 283 g/mol. The summed E-state index contributed by atoms with van der Waals surface area (Å²) in [6, 6.07) is 14.6. The number of aromatic nitrogens is 1. The number of fused-ring (bicyclic) bond motifs is 1. The predicted molar refractivity (Wildman–Crippen MR) is 86.7 cm³/mol. The highest BCUT2D eigenvalue weighted by atomic mass is 32.1. The van der Waals surface area contributed by atoms with Crippen molar-refractivity contribution in [3.8, 4) is 0 Å². The smallest absolute Gasteiger partial charge is 0.141 e. The van der Waals surface area contributed by atoms with Crippen LogP contribution in [-0.4, -0.2) is 18.1 Å². The first-order valence-electron chi connectivity index (χ1n) is 6.75. The van der Waals surface area contributed by atoms with Crippen molar-refractivity contribution in [1.29, 1.82) is 0 Å². The lowest BCUT2D eigenvalue weighted by atomic mass is 10.2. The van der Waals surface area contributed by atoms with E-state index in [0.717, 1.165) is 24.5 Å². The van der Waals surface area contributed by atoms with Gasteiger partial charge in [-0.1, -0.05) is 18.2 Å². The number of rotatable bonds is 5. The quantitative estimate of drug-likeness (QED) is 0.774. The Bertz CT molecular complexity index is 678. The Kier molecular flexibility index (Phi) is 3.95. The van der Waals surface area contributed by atoms with Crippen LogP contribution in [0.15, 0.2) is 54.0 Å². The molecule has 2 heterocycles. The molecular formula is C16H17N3S. The van der Waals surface area contributed by atoms with Crippen molar-refractivity contribution in [2.24, 2.45) is 5.73 Å². The highest BCUT2D eigenvalue weighted by Gasteiger charge is 2.13. The van der Waals surface area contributed by atoms with Crippen molar-refractivity contribution in [3.05, 3.63) is 54.0 Å². The van der Waals surface area contributed by atoms with Crippen LogP contribution in [0, 0.1) is 0 Å². The number of pyridine rings is 1. The molecule has 0 spiro atoms. The molecular weight excluding hydrogens is 266 g/mol. The van der Waals surface area contributed by atoms with Gasteiger partial charge in [0.2, 0.25) is 0 Å². The summed E-state index contributed by atoms with van der Waals surface area (Å²) >= 11 is 1.75. The third kappa shape index (κ3) is 2.53. The molecule has 0 saturated carbocycles. The maximum atomic E-state index is 5.68. The molecule has 2 N–H and O–H groups in total. The van der Waals surface area contributed by atoms with Crippen LogP contribution in [-0.2, 0) is 0 Å². The van der Waals surface area contributed by atoms with E-state index in [0.29, 0.717) is 6.54 Å². The van der Waals surface area contributed by atoms with Gasteiger partial charge in [0.25, 0.3) is 0 Å². The normalized spacial score (nSPS) is 10.8. The van der Waals surface area contributed by atoms with Crippen LogP contribution in [0.25, 0.3) is 10.1 Å². The highest BCUT2D eigenvalue weighted by molar-refractivity contribution is 7.17. The number of hydrogen-bond donors (Lipinski definition) is 1. The summed E-state index contributed by atoms with van der Waals surface area (Å²) < 4.78 is 1.27. The van der Waals surface area contributed by atoms with E-state index in [2.05, 4.69) is 51.7 Å². The van der Waals surface area contributed by atoms with Gasteiger partial charge in [0, 0.05) is 28.5 Å². The molecule has 1 aromatic carbocycles. The van der Waals surface area contributed by atoms with Gasteiger partial charge in [-0.3, -0.25) is 0 Å². The van der Waals surface area contributed by atoms with Crippen LogP contribution in [0.5, 0.6) is 0 Å². The molecule has 20 heavy (non-hydrogen) atoms. The number of nitrogens with two attached hydrogens (primary N) is 1. The number of nitrogens with zero attached hydrogens (tertiary/aromatic N) is 2. The lowest BCUT2D eigenvalue weighted by molar-refractivity contribution is 0.812. The molecule has 3 nitrogen and oxygen atoms in total. The molecule has 0 saturated heterocycles. The molecule has 0 aliphatic rings. The summed E-state index contributed by atoms with van der Waals surface area (Å²) in [5.41, 5.74) is 6.84. The lowest BCUT2D eigenvalue weighted by Gasteiger charge is -2.24. The lowest BCUT2D eigenvalue weighted by Crippen LogP contribution is -2.21. The van der Waals surface area contributed by atoms with Crippen molar-refractivity contribution in [2.75, 3.05) is 18.0 Å². The Morgan fingerprint density at radius 2 is 1.95 bits per heavy atom. The molecule has 0 unspecified atom stereocenters. The van der Waals surface area contributed by atoms with Crippen LogP contribution in [0.2, 0.25) is 0 Å². The fourth-order valence-corrected chi connectivity index (χ4v) is 3.09.